The van der Waals surface area contributed by atoms with Crippen molar-refractivity contribution >= 4 is 15.9 Å². The van der Waals surface area contributed by atoms with Crippen molar-refractivity contribution < 1.29 is 13.2 Å². The molecule has 0 saturated heterocycles. The van der Waals surface area contributed by atoms with Gasteiger partial charge in [0.1, 0.15) is 5.69 Å². The highest BCUT2D eigenvalue weighted by molar-refractivity contribution is 9.10. The second kappa shape index (κ2) is 3.89. The fourth-order valence-corrected chi connectivity index (χ4v) is 1.53. The maximum atomic E-state index is 12.6. The third kappa shape index (κ3) is 2.08. The van der Waals surface area contributed by atoms with E-state index in [2.05, 4.69) is 26.0 Å². The zero-order valence-corrected chi connectivity index (χ0v) is 9.33. The summed E-state index contributed by atoms with van der Waals surface area (Å²) in [7, 11) is 0. The fourth-order valence-electron chi connectivity index (χ4n) is 1.21. The average Bonchev–Trinajstić information content (AvgIpc) is 2.65. The molecule has 0 atom stereocenters. The molecule has 0 aliphatic rings. The van der Waals surface area contributed by atoms with E-state index >= 15 is 0 Å². The van der Waals surface area contributed by atoms with E-state index in [1.54, 1.807) is 6.07 Å². The van der Waals surface area contributed by atoms with E-state index in [1.165, 1.54) is 12.3 Å². The SMILES string of the molecule is FC(F)(F)c1ccnn1-c1cc(Br)ccn1. The first-order valence-electron chi connectivity index (χ1n) is 4.21. The lowest BCUT2D eigenvalue weighted by molar-refractivity contribution is -0.142. The number of pyridine rings is 1. The van der Waals surface area contributed by atoms with E-state index in [-0.39, 0.29) is 5.82 Å². The van der Waals surface area contributed by atoms with Crippen LogP contribution in [0.25, 0.3) is 5.82 Å². The van der Waals surface area contributed by atoms with Crippen molar-refractivity contribution in [2.24, 2.45) is 0 Å². The van der Waals surface area contributed by atoms with Crippen molar-refractivity contribution in [3.05, 3.63) is 40.8 Å². The van der Waals surface area contributed by atoms with Gasteiger partial charge in [0.05, 0.1) is 6.20 Å². The molecule has 0 aromatic carbocycles. The van der Waals surface area contributed by atoms with Crippen LogP contribution in [0.2, 0.25) is 0 Å². The van der Waals surface area contributed by atoms with Gasteiger partial charge in [-0.25, -0.2) is 9.67 Å². The standard InChI is InChI=1S/C9H5BrF3N3/c10-6-1-3-14-8(5-6)16-7(2-4-15-16)9(11,12)13/h1-5H. The normalized spacial score (nSPS) is 11.8. The van der Waals surface area contributed by atoms with Crippen LogP contribution in [0.3, 0.4) is 0 Å². The van der Waals surface area contributed by atoms with Gasteiger partial charge in [0.25, 0.3) is 0 Å². The summed E-state index contributed by atoms with van der Waals surface area (Å²) in [5.41, 5.74) is -0.849. The topological polar surface area (TPSA) is 30.7 Å². The lowest BCUT2D eigenvalue weighted by Gasteiger charge is -2.09. The molecular weight excluding hydrogens is 287 g/mol. The van der Waals surface area contributed by atoms with Gasteiger partial charge in [0, 0.05) is 10.7 Å². The molecule has 0 spiro atoms. The lowest BCUT2D eigenvalue weighted by atomic mass is 10.4. The second-order valence-electron chi connectivity index (χ2n) is 2.96. The first-order valence-corrected chi connectivity index (χ1v) is 5.01. The summed E-state index contributed by atoms with van der Waals surface area (Å²) in [5, 5.41) is 3.61. The van der Waals surface area contributed by atoms with Crippen LogP contribution in [0.4, 0.5) is 13.2 Å². The van der Waals surface area contributed by atoms with Crippen LogP contribution in [0.1, 0.15) is 5.69 Å². The predicted octanol–water partition coefficient (Wildman–Crippen LogP) is 3.05. The van der Waals surface area contributed by atoms with Crippen LogP contribution < -0.4 is 0 Å². The molecule has 0 radical (unpaired) electrons. The summed E-state index contributed by atoms with van der Waals surface area (Å²) in [6.45, 7) is 0. The maximum Gasteiger partial charge on any atom is 0.433 e. The van der Waals surface area contributed by atoms with Gasteiger partial charge in [-0.15, -0.1) is 0 Å². The van der Waals surface area contributed by atoms with Gasteiger partial charge in [0.15, 0.2) is 5.82 Å². The van der Waals surface area contributed by atoms with E-state index in [0.29, 0.717) is 4.47 Å². The zero-order chi connectivity index (χ0) is 11.8. The van der Waals surface area contributed by atoms with Crippen molar-refractivity contribution in [3.8, 4) is 5.82 Å². The Morgan fingerprint density at radius 3 is 2.56 bits per heavy atom. The number of nitrogens with zero attached hydrogens (tertiary/aromatic N) is 3. The molecule has 84 valence electrons. The smallest absolute Gasteiger partial charge is 0.237 e. The van der Waals surface area contributed by atoms with Crippen LogP contribution in [-0.4, -0.2) is 14.8 Å². The Bertz CT molecular complexity index is 507. The highest BCUT2D eigenvalue weighted by atomic mass is 79.9. The number of hydrogen-bond donors (Lipinski definition) is 0. The number of halogens is 4. The molecule has 0 saturated carbocycles. The summed E-state index contributed by atoms with van der Waals surface area (Å²) in [4.78, 5) is 3.83. The quantitative estimate of drug-likeness (QED) is 0.808. The van der Waals surface area contributed by atoms with Crippen LogP contribution in [-0.2, 0) is 6.18 Å². The van der Waals surface area contributed by atoms with E-state index in [4.69, 9.17) is 0 Å². The molecule has 0 bridgehead atoms. The molecule has 0 aliphatic heterocycles. The van der Waals surface area contributed by atoms with Crippen molar-refractivity contribution in [1.82, 2.24) is 14.8 Å². The van der Waals surface area contributed by atoms with Gasteiger partial charge in [0.2, 0.25) is 0 Å². The average molecular weight is 292 g/mol. The molecule has 0 amide bonds. The molecule has 2 aromatic heterocycles. The lowest BCUT2D eigenvalue weighted by Crippen LogP contribution is -2.14. The molecule has 0 unspecified atom stereocenters. The maximum absolute atomic E-state index is 12.6. The molecule has 2 heterocycles. The molecule has 0 aliphatic carbocycles. The van der Waals surface area contributed by atoms with Gasteiger partial charge in [-0.3, -0.25) is 0 Å². The number of hydrogen-bond acceptors (Lipinski definition) is 2. The van der Waals surface area contributed by atoms with Crippen LogP contribution in [0, 0.1) is 0 Å². The summed E-state index contributed by atoms with van der Waals surface area (Å²) in [6, 6.07) is 3.99. The fraction of sp³-hybridized carbons (Fsp3) is 0.111. The van der Waals surface area contributed by atoms with E-state index in [0.717, 1.165) is 16.9 Å². The Balaban J connectivity index is 2.53. The van der Waals surface area contributed by atoms with E-state index < -0.39 is 11.9 Å². The first-order chi connectivity index (χ1) is 7.48. The molecule has 0 fully saturated rings. The molecular formula is C9H5BrF3N3. The van der Waals surface area contributed by atoms with Gasteiger partial charge >= 0.3 is 6.18 Å². The molecule has 7 heteroatoms. The first kappa shape index (κ1) is 11.1. The highest BCUT2D eigenvalue weighted by Gasteiger charge is 2.35. The van der Waals surface area contributed by atoms with Crippen molar-refractivity contribution in [2.75, 3.05) is 0 Å². The third-order valence-corrected chi connectivity index (χ3v) is 2.35. The minimum atomic E-state index is -4.44. The monoisotopic (exact) mass is 291 g/mol. The highest BCUT2D eigenvalue weighted by Crippen LogP contribution is 2.30. The minimum absolute atomic E-state index is 0.117. The Labute approximate surface area is 97.0 Å². The van der Waals surface area contributed by atoms with Gasteiger partial charge in [-0.05, 0) is 18.2 Å². The Morgan fingerprint density at radius 1 is 1.19 bits per heavy atom. The predicted molar refractivity (Wildman–Crippen MR) is 54.1 cm³/mol. The van der Waals surface area contributed by atoms with Crippen LogP contribution in [0.15, 0.2) is 35.1 Å². The van der Waals surface area contributed by atoms with Crippen LogP contribution >= 0.6 is 15.9 Å². The Morgan fingerprint density at radius 2 is 1.94 bits per heavy atom. The van der Waals surface area contributed by atoms with Crippen LogP contribution in [0.5, 0.6) is 0 Å². The zero-order valence-electron chi connectivity index (χ0n) is 7.74. The third-order valence-electron chi connectivity index (χ3n) is 1.86. The summed E-state index contributed by atoms with van der Waals surface area (Å²) < 4.78 is 39.1. The second-order valence-corrected chi connectivity index (χ2v) is 3.87. The number of rotatable bonds is 1. The van der Waals surface area contributed by atoms with Gasteiger partial charge < -0.3 is 0 Å². The van der Waals surface area contributed by atoms with E-state index in [1.807, 2.05) is 0 Å². The molecule has 2 aromatic rings. The van der Waals surface area contributed by atoms with Gasteiger partial charge in [-0.2, -0.15) is 18.3 Å². The summed E-state index contributed by atoms with van der Waals surface area (Å²) in [5.74, 6) is 0.117. The van der Waals surface area contributed by atoms with Crippen molar-refractivity contribution in [3.63, 3.8) is 0 Å². The molecule has 16 heavy (non-hydrogen) atoms. The molecule has 2 rings (SSSR count). The molecule has 3 nitrogen and oxygen atoms in total. The summed E-state index contributed by atoms with van der Waals surface area (Å²) >= 11 is 3.16. The Kier molecular flexibility index (Phi) is 2.71. The van der Waals surface area contributed by atoms with Crippen molar-refractivity contribution in [1.29, 1.82) is 0 Å². The number of aromatic nitrogens is 3. The largest absolute Gasteiger partial charge is 0.433 e. The Hall–Kier alpha value is -1.37. The van der Waals surface area contributed by atoms with Gasteiger partial charge in [-0.1, -0.05) is 15.9 Å². The number of alkyl halides is 3. The van der Waals surface area contributed by atoms with E-state index in [9.17, 15) is 13.2 Å². The summed E-state index contributed by atoms with van der Waals surface area (Å²) in [6.07, 6.45) is -1.95. The minimum Gasteiger partial charge on any atom is -0.237 e. The molecule has 0 N–H and O–H groups in total. The van der Waals surface area contributed by atoms with Crippen molar-refractivity contribution in [2.45, 2.75) is 6.18 Å².